The number of para-hydroxylation sites is 1. The summed E-state index contributed by atoms with van der Waals surface area (Å²) < 4.78 is 5.74. The molecule has 0 fully saturated rings. The van der Waals surface area contributed by atoms with Gasteiger partial charge in [0, 0.05) is 10.7 Å². The van der Waals surface area contributed by atoms with Crippen LogP contribution in [0.5, 0.6) is 11.5 Å². The molecule has 0 bridgehead atoms. The van der Waals surface area contributed by atoms with Gasteiger partial charge in [-0.3, -0.25) is 9.59 Å². The molecule has 0 radical (unpaired) electrons. The number of hydrogen-bond donors (Lipinski definition) is 1. The molecular formula is C22H13Cl3N2O3. The Hall–Kier alpha value is -2.99. The Labute approximate surface area is 187 Å². The number of hydrogen-bond acceptors (Lipinski definition) is 4. The zero-order chi connectivity index (χ0) is 21.3. The largest absolute Gasteiger partial charge is 0.457 e. The molecule has 3 aromatic carbocycles. The van der Waals surface area contributed by atoms with Crippen LogP contribution in [0.1, 0.15) is 0 Å². The maximum absolute atomic E-state index is 12.9. The number of ether oxygens (including phenoxy) is 1. The van der Waals surface area contributed by atoms with Gasteiger partial charge in [0.2, 0.25) is 0 Å². The summed E-state index contributed by atoms with van der Waals surface area (Å²) in [5.74, 6) is 0.0127. The predicted molar refractivity (Wildman–Crippen MR) is 118 cm³/mol. The Morgan fingerprint density at radius 1 is 0.767 bits per heavy atom. The van der Waals surface area contributed by atoms with Crippen molar-refractivity contribution >= 4 is 58.0 Å². The van der Waals surface area contributed by atoms with Gasteiger partial charge in [-0.1, -0.05) is 53.0 Å². The van der Waals surface area contributed by atoms with Crippen molar-refractivity contribution in [1.29, 1.82) is 0 Å². The van der Waals surface area contributed by atoms with Gasteiger partial charge in [0.05, 0.1) is 10.7 Å². The summed E-state index contributed by atoms with van der Waals surface area (Å²) in [6.07, 6.45) is 0. The molecule has 0 aliphatic carbocycles. The number of imide groups is 1. The number of amides is 2. The van der Waals surface area contributed by atoms with Gasteiger partial charge in [0.25, 0.3) is 11.8 Å². The van der Waals surface area contributed by atoms with Gasteiger partial charge < -0.3 is 10.1 Å². The molecule has 2 amide bonds. The molecule has 8 heteroatoms. The van der Waals surface area contributed by atoms with E-state index in [0.717, 1.165) is 4.90 Å². The first-order valence-electron chi connectivity index (χ1n) is 8.77. The molecule has 4 rings (SSSR count). The van der Waals surface area contributed by atoms with E-state index in [1.807, 2.05) is 30.3 Å². The van der Waals surface area contributed by atoms with Crippen LogP contribution < -0.4 is 15.0 Å². The quantitative estimate of drug-likeness (QED) is 0.460. The third-order valence-electron chi connectivity index (χ3n) is 4.28. The zero-order valence-electron chi connectivity index (χ0n) is 15.2. The monoisotopic (exact) mass is 458 g/mol. The fourth-order valence-corrected chi connectivity index (χ4v) is 3.44. The molecule has 0 aromatic heterocycles. The Balaban J connectivity index is 1.53. The topological polar surface area (TPSA) is 58.6 Å². The molecule has 1 N–H and O–H groups in total. The van der Waals surface area contributed by atoms with Gasteiger partial charge in [0.15, 0.2) is 0 Å². The van der Waals surface area contributed by atoms with Gasteiger partial charge in [-0.15, -0.1) is 0 Å². The first-order chi connectivity index (χ1) is 14.4. The van der Waals surface area contributed by atoms with E-state index in [1.165, 1.54) is 12.1 Å². The lowest BCUT2D eigenvalue weighted by molar-refractivity contribution is -0.120. The highest BCUT2D eigenvalue weighted by molar-refractivity contribution is 6.54. The van der Waals surface area contributed by atoms with Crippen molar-refractivity contribution < 1.29 is 14.3 Å². The molecular weight excluding hydrogens is 447 g/mol. The van der Waals surface area contributed by atoms with E-state index in [2.05, 4.69) is 5.32 Å². The number of carbonyl (C=O) groups is 2. The van der Waals surface area contributed by atoms with Crippen LogP contribution in [-0.4, -0.2) is 11.8 Å². The maximum Gasteiger partial charge on any atom is 0.283 e. The fourth-order valence-electron chi connectivity index (χ4n) is 2.86. The minimum atomic E-state index is -0.683. The van der Waals surface area contributed by atoms with E-state index in [-0.39, 0.29) is 21.4 Å². The third-order valence-corrected chi connectivity index (χ3v) is 5.18. The summed E-state index contributed by atoms with van der Waals surface area (Å²) in [4.78, 5) is 26.4. The first kappa shape index (κ1) is 20.3. The molecule has 0 saturated heterocycles. The van der Waals surface area contributed by atoms with Crippen molar-refractivity contribution in [2.24, 2.45) is 0 Å². The van der Waals surface area contributed by atoms with Crippen molar-refractivity contribution in [2.75, 3.05) is 10.2 Å². The van der Waals surface area contributed by atoms with E-state index < -0.39 is 11.8 Å². The van der Waals surface area contributed by atoms with E-state index in [9.17, 15) is 9.59 Å². The molecule has 1 aliphatic heterocycles. The van der Waals surface area contributed by atoms with Crippen molar-refractivity contribution in [3.8, 4) is 11.5 Å². The second kappa shape index (κ2) is 8.40. The smallest absolute Gasteiger partial charge is 0.283 e. The average molecular weight is 460 g/mol. The second-order valence-corrected chi connectivity index (χ2v) is 7.52. The number of nitrogens with zero attached hydrogens (tertiary/aromatic N) is 1. The van der Waals surface area contributed by atoms with Gasteiger partial charge in [-0.05, 0) is 54.6 Å². The summed E-state index contributed by atoms with van der Waals surface area (Å²) in [7, 11) is 0. The summed E-state index contributed by atoms with van der Waals surface area (Å²) in [5, 5.41) is 3.20. The van der Waals surface area contributed by atoms with Crippen LogP contribution >= 0.6 is 34.8 Å². The minimum Gasteiger partial charge on any atom is -0.457 e. The highest BCUT2D eigenvalue weighted by Gasteiger charge is 2.39. The lowest BCUT2D eigenvalue weighted by atomic mass is 10.2. The van der Waals surface area contributed by atoms with E-state index >= 15 is 0 Å². The SMILES string of the molecule is O=C1C(Cl)=C(Nc2ccc(Oc3ccccc3)cc2)C(=O)N1c1cc(Cl)ccc1Cl. The number of benzene rings is 3. The molecule has 0 saturated carbocycles. The normalized spacial score (nSPS) is 13.8. The molecule has 30 heavy (non-hydrogen) atoms. The predicted octanol–water partition coefficient (Wildman–Crippen LogP) is 6.22. The molecule has 0 atom stereocenters. The molecule has 0 spiro atoms. The fraction of sp³-hybridized carbons (Fsp3) is 0. The molecule has 3 aromatic rings. The first-order valence-corrected chi connectivity index (χ1v) is 9.91. The third kappa shape index (κ3) is 4.00. The molecule has 1 heterocycles. The van der Waals surface area contributed by atoms with Crippen molar-refractivity contribution in [3.63, 3.8) is 0 Å². The minimum absolute atomic E-state index is 0.0468. The summed E-state index contributed by atoms with van der Waals surface area (Å²) in [6.45, 7) is 0. The maximum atomic E-state index is 12.9. The van der Waals surface area contributed by atoms with Gasteiger partial charge in [-0.25, -0.2) is 4.90 Å². The summed E-state index contributed by atoms with van der Waals surface area (Å²) in [6, 6.07) is 20.7. The number of halogens is 3. The molecule has 5 nitrogen and oxygen atoms in total. The van der Waals surface area contributed by atoms with Crippen LogP contribution in [0, 0.1) is 0 Å². The Morgan fingerprint density at radius 3 is 2.13 bits per heavy atom. The number of rotatable bonds is 5. The molecule has 1 aliphatic rings. The van der Waals surface area contributed by atoms with Crippen LogP contribution in [0.3, 0.4) is 0 Å². The van der Waals surface area contributed by atoms with Crippen LogP contribution in [0.25, 0.3) is 0 Å². The Bertz CT molecular complexity index is 1160. The van der Waals surface area contributed by atoms with E-state index in [0.29, 0.717) is 22.2 Å². The highest BCUT2D eigenvalue weighted by atomic mass is 35.5. The lowest BCUT2D eigenvalue weighted by Gasteiger charge is -2.17. The van der Waals surface area contributed by atoms with Crippen LogP contribution in [0.2, 0.25) is 10.0 Å². The van der Waals surface area contributed by atoms with Crippen LogP contribution in [-0.2, 0) is 9.59 Å². The Kier molecular flexibility index (Phi) is 5.68. The van der Waals surface area contributed by atoms with Crippen molar-refractivity contribution in [1.82, 2.24) is 0 Å². The van der Waals surface area contributed by atoms with E-state index in [4.69, 9.17) is 39.5 Å². The van der Waals surface area contributed by atoms with Gasteiger partial charge >= 0.3 is 0 Å². The molecule has 0 unspecified atom stereocenters. The van der Waals surface area contributed by atoms with Gasteiger partial charge in [0.1, 0.15) is 22.2 Å². The highest BCUT2D eigenvalue weighted by Crippen LogP contribution is 2.36. The molecule has 150 valence electrons. The number of nitrogens with one attached hydrogen (secondary N) is 1. The summed E-state index contributed by atoms with van der Waals surface area (Å²) >= 11 is 18.3. The second-order valence-electron chi connectivity index (χ2n) is 6.29. The van der Waals surface area contributed by atoms with Gasteiger partial charge in [-0.2, -0.15) is 0 Å². The number of anilines is 2. The van der Waals surface area contributed by atoms with Crippen LogP contribution in [0.15, 0.2) is 83.5 Å². The van der Waals surface area contributed by atoms with Crippen LogP contribution in [0.4, 0.5) is 11.4 Å². The van der Waals surface area contributed by atoms with E-state index in [1.54, 1.807) is 30.3 Å². The summed E-state index contributed by atoms with van der Waals surface area (Å²) in [5.41, 5.74) is 0.680. The van der Waals surface area contributed by atoms with Crippen molar-refractivity contribution in [2.45, 2.75) is 0 Å². The Morgan fingerprint density at radius 2 is 1.43 bits per heavy atom. The zero-order valence-corrected chi connectivity index (χ0v) is 17.5. The van der Waals surface area contributed by atoms with Crippen molar-refractivity contribution in [3.05, 3.63) is 93.6 Å². The lowest BCUT2D eigenvalue weighted by Crippen LogP contribution is -2.32. The standard InChI is InChI=1S/C22H13Cl3N2O3/c23-13-6-11-17(24)18(12-13)27-21(28)19(25)20(22(27)29)26-14-7-9-16(10-8-14)30-15-4-2-1-3-5-15/h1-12,26H. The average Bonchev–Trinajstić information content (AvgIpc) is 2.95. The number of carbonyl (C=O) groups excluding carboxylic acids is 2.